The summed E-state index contributed by atoms with van der Waals surface area (Å²) in [4.78, 5) is 13.2. The first-order chi connectivity index (χ1) is 10.5. The Hall–Kier alpha value is -1.36. The van der Waals surface area contributed by atoms with E-state index in [-0.39, 0.29) is 5.91 Å². The number of carbonyl (C=O) groups excluding carboxylic acids is 1. The van der Waals surface area contributed by atoms with Gasteiger partial charge < -0.3 is 10.1 Å². The van der Waals surface area contributed by atoms with Crippen molar-refractivity contribution in [2.75, 3.05) is 11.6 Å². The summed E-state index contributed by atoms with van der Waals surface area (Å²) in [7, 11) is 0. The van der Waals surface area contributed by atoms with Crippen molar-refractivity contribution in [2.24, 2.45) is 0 Å². The van der Waals surface area contributed by atoms with E-state index in [1.165, 1.54) is 0 Å². The van der Waals surface area contributed by atoms with E-state index >= 15 is 0 Å². The Bertz CT molecular complexity index is 679. The van der Waals surface area contributed by atoms with Crippen LogP contribution in [0.15, 0.2) is 47.4 Å². The number of anilines is 1. The van der Waals surface area contributed by atoms with Gasteiger partial charge in [-0.15, -0.1) is 11.8 Å². The van der Waals surface area contributed by atoms with Gasteiger partial charge in [0, 0.05) is 9.92 Å². The van der Waals surface area contributed by atoms with Gasteiger partial charge in [0.2, 0.25) is 0 Å². The number of amides is 1. The van der Waals surface area contributed by atoms with Crippen molar-refractivity contribution in [2.45, 2.75) is 17.9 Å². The molecule has 3 nitrogen and oxygen atoms in total. The quantitative estimate of drug-likeness (QED) is 0.756. The third kappa shape index (κ3) is 4.32. The highest BCUT2D eigenvalue weighted by atomic mass is 35.5. The molecule has 0 aliphatic heterocycles. The van der Waals surface area contributed by atoms with Crippen LogP contribution in [-0.2, 0) is 4.79 Å². The van der Waals surface area contributed by atoms with E-state index in [1.807, 2.05) is 30.5 Å². The molecule has 0 heterocycles. The lowest BCUT2D eigenvalue weighted by atomic mass is 10.3. The molecule has 22 heavy (non-hydrogen) atoms. The lowest BCUT2D eigenvalue weighted by Crippen LogP contribution is -2.30. The summed E-state index contributed by atoms with van der Waals surface area (Å²) in [5.41, 5.74) is 0.762. The zero-order valence-corrected chi connectivity index (χ0v) is 14.4. The molecule has 1 atom stereocenters. The summed E-state index contributed by atoms with van der Waals surface area (Å²) in [6, 6.07) is 12.5. The zero-order chi connectivity index (χ0) is 16.1. The lowest BCUT2D eigenvalue weighted by molar-refractivity contribution is -0.122. The van der Waals surface area contributed by atoms with E-state index in [4.69, 9.17) is 27.9 Å². The van der Waals surface area contributed by atoms with E-state index in [1.54, 1.807) is 36.9 Å². The van der Waals surface area contributed by atoms with Gasteiger partial charge in [0.15, 0.2) is 6.10 Å². The van der Waals surface area contributed by atoms with Crippen LogP contribution >= 0.6 is 35.0 Å². The Morgan fingerprint density at radius 2 is 1.95 bits per heavy atom. The van der Waals surface area contributed by atoms with E-state index in [0.29, 0.717) is 15.8 Å². The maximum Gasteiger partial charge on any atom is 0.265 e. The van der Waals surface area contributed by atoms with Crippen LogP contribution in [0.1, 0.15) is 6.92 Å². The standard InChI is InChI=1S/C16H15Cl2NO2S/c1-10(21-14-8-7-11(17)9-12(14)18)16(20)19-13-5-3-4-6-15(13)22-2/h3-10H,1-2H3,(H,19,20). The van der Waals surface area contributed by atoms with E-state index < -0.39 is 6.10 Å². The third-order valence-electron chi connectivity index (χ3n) is 2.93. The van der Waals surface area contributed by atoms with Gasteiger partial charge in [-0.1, -0.05) is 35.3 Å². The highest BCUT2D eigenvalue weighted by Crippen LogP contribution is 2.29. The van der Waals surface area contributed by atoms with Crippen molar-refractivity contribution in [1.82, 2.24) is 0 Å². The number of thioether (sulfide) groups is 1. The fraction of sp³-hybridized carbons (Fsp3) is 0.188. The molecule has 2 rings (SSSR count). The van der Waals surface area contributed by atoms with E-state index in [2.05, 4.69) is 5.32 Å². The number of nitrogens with one attached hydrogen (secondary N) is 1. The molecule has 0 bridgehead atoms. The van der Waals surface area contributed by atoms with Crippen LogP contribution in [0.4, 0.5) is 5.69 Å². The predicted octanol–water partition coefficient (Wildman–Crippen LogP) is 5.12. The van der Waals surface area contributed by atoms with Crippen molar-refractivity contribution in [3.63, 3.8) is 0 Å². The Labute approximate surface area is 144 Å². The first-order valence-corrected chi connectivity index (χ1v) is 8.55. The summed E-state index contributed by atoms with van der Waals surface area (Å²) in [6.07, 6.45) is 1.27. The van der Waals surface area contributed by atoms with Crippen molar-refractivity contribution < 1.29 is 9.53 Å². The van der Waals surface area contributed by atoms with Crippen molar-refractivity contribution >= 4 is 46.6 Å². The summed E-state index contributed by atoms with van der Waals surface area (Å²) >= 11 is 13.4. The fourth-order valence-corrected chi connectivity index (χ4v) is 2.80. The molecule has 0 fully saturated rings. The maximum absolute atomic E-state index is 12.2. The predicted molar refractivity (Wildman–Crippen MR) is 93.4 cm³/mol. The van der Waals surface area contributed by atoms with Crippen molar-refractivity contribution in [3.05, 3.63) is 52.5 Å². The Balaban J connectivity index is 2.06. The van der Waals surface area contributed by atoms with Gasteiger partial charge in [0.1, 0.15) is 5.75 Å². The average Bonchev–Trinajstić information content (AvgIpc) is 2.50. The van der Waals surface area contributed by atoms with Crippen LogP contribution in [0.2, 0.25) is 10.0 Å². The average molecular weight is 356 g/mol. The molecule has 0 saturated heterocycles. The van der Waals surface area contributed by atoms with Gasteiger partial charge in [-0.2, -0.15) is 0 Å². The number of hydrogen-bond donors (Lipinski definition) is 1. The molecule has 0 spiro atoms. The normalized spacial score (nSPS) is 11.8. The van der Waals surface area contributed by atoms with Crippen LogP contribution in [0.5, 0.6) is 5.75 Å². The molecule has 2 aromatic rings. The van der Waals surface area contributed by atoms with Gasteiger partial charge in [-0.25, -0.2) is 0 Å². The molecular weight excluding hydrogens is 341 g/mol. The molecule has 1 unspecified atom stereocenters. The van der Waals surface area contributed by atoms with Crippen LogP contribution in [0, 0.1) is 0 Å². The smallest absolute Gasteiger partial charge is 0.265 e. The van der Waals surface area contributed by atoms with Gasteiger partial charge in [0.25, 0.3) is 5.91 Å². The second kappa shape index (κ2) is 7.77. The number of rotatable bonds is 5. The van der Waals surface area contributed by atoms with Gasteiger partial charge in [0.05, 0.1) is 10.7 Å². The Morgan fingerprint density at radius 1 is 1.23 bits per heavy atom. The highest BCUT2D eigenvalue weighted by molar-refractivity contribution is 7.98. The first kappa shape index (κ1) is 17.0. The summed E-state index contributed by atoms with van der Waals surface area (Å²) in [5, 5.41) is 3.75. The van der Waals surface area contributed by atoms with Crippen LogP contribution in [0.25, 0.3) is 0 Å². The SMILES string of the molecule is CSc1ccccc1NC(=O)C(C)Oc1ccc(Cl)cc1Cl. The molecule has 116 valence electrons. The number of halogens is 2. The molecule has 1 amide bonds. The second-order valence-electron chi connectivity index (χ2n) is 4.52. The molecule has 0 aliphatic carbocycles. The molecule has 0 saturated carbocycles. The van der Waals surface area contributed by atoms with Gasteiger partial charge >= 0.3 is 0 Å². The zero-order valence-electron chi connectivity index (χ0n) is 12.1. The minimum Gasteiger partial charge on any atom is -0.479 e. The molecular formula is C16H15Cl2NO2S. The Kier molecular flexibility index (Phi) is 6.00. The number of benzene rings is 2. The molecule has 6 heteroatoms. The summed E-state index contributed by atoms with van der Waals surface area (Å²) < 4.78 is 5.60. The van der Waals surface area contributed by atoms with Crippen molar-refractivity contribution in [3.8, 4) is 5.75 Å². The summed E-state index contributed by atoms with van der Waals surface area (Å²) in [6.45, 7) is 1.67. The summed E-state index contributed by atoms with van der Waals surface area (Å²) in [5.74, 6) is 0.180. The molecule has 1 N–H and O–H groups in total. The van der Waals surface area contributed by atoms with Gasteiger partial charge in [-0.3, -0.25) is 4.79 Å². The number of hydrogen-bond acceptors (Lipinski definition) is 3. The van der Waals surface area contributed by atoms with Gasteiger partial charge in [-0.05, 0) is 43.5 Å². The van der Waals surface area contributed by atoms with Crippen molar-refractivity contribution in [1.29, 1.82) is 0 Å². The fourth-order valence-electron chi connectivity index (χ4n) is 1.80. The third-order valence-corrected chi connectivity index (χ3v) is 4.26. The van der Waals surface area contributed by atoms with E-state index in [9.17, 15) is 4.79 Å². The monoisotopic (exact) mass is 355 g/mol. The Morgan fingerprint density at radius 3 is 2.64 bits per heavy atom. The minimum absolute atomic E-state index is 0.243. The van der Waals surface area contributed by atoms with Crippen LogP contribution < -0.4 is 10.1 Å². The van der Waals surface area contributed by atoms with E-state index in [0.717, 1.165) is 10.6 Å². The highest BCUT2D eigenvalue weighted by Gasteiger charge is 2.17. The second-order valence-corrected chi connectivity index (χ2v) is 6.22. The maximum atomic E-state index is 12.2. The minimum atomic E-state index is -0.686. The number of carbonyl (C=O) groups is 1. The number of para-hydroxylation sites is 1. The lowest BCUT2D eigenvalue weighted by Gasteiger charge is -2.16. The molecule has 2 aromatic carbocycles. The molecule has 0 aromatic heterocycles. The topological polar surface area (TPSA) is 38.3 Å². The number of ether oxygens (including phenoxy) is 1. The molecule has 0 radical (unpaired) electrons. The van der Waals surface area contributed by atoms with Crippen LogP contribution in [0.3, 0.4) is 0 Å². The first-order valence-electron chi connectivity index (χ1n) is 6.57. The van der Waals surface area contributed by atoms with Crippen LogP contribution in [-0.4, -0.2) is 18.3 Å². The largest absolute Gasteiger partial charge is 0.479 e. The molecule has 0 aliphatic rings.